The van der Waals surface area contributed by atoms with Crippen molar-refractivity contribution < 1.29 is 13.2 Å². The summed E-state index contributed by atoms with van der Waals surface area (Å²) in [6.07, 6.45) is 1.34. The van der Waals surface area contributed by atoms with Gasteiger partial charge in [-0.2, -0.15) is 0 Å². The molecule has 0 aromatic heterocycles. The smallest absolute Gasteiger partial charge is 0.241 e. The fourth-order valence-electron chi connectivity index (χ4n) is 1.95. The third-order valence-corrected chi connectivity index (χ3v) is 6.03. The van der Waals surface area contributed by atoms with Crippen molar-refractivity contribution in [2.75, 3.05) is 13.2 Å². The molecule has 1 aliphatic rings. The van der Waals surface area contributed by atoms with Gasteiger partial charge in [-0.05, 0) is 53.9 Å². The second kappa shape index (κ2) is 5.69. The third kappa shape index (κ3) is 3.70. The Morgan fingerprint density at radius 3 is 2.58 bits per heavy atom. The maximum atomic E-state index is 12.4. The number of halogens is 2. The van der Waals surface area contributed by atoms with E-state index in [1.807, 2.05) is 6.92 Å². The van der Waals surface area contributed by atoms with Crippen LogP contribution in [0.3, 0.4) is 0 Å². The molecule has 1 aliphatic heterocycles. The van der Waals surface area contributed by atoms with Crippen molar-refractivity contribution in [2.24, 2.45) is 0 Å². The maximum absolute atomic E-state index is 12.4. The second-order valence-electron chi connectivity index (χ2n) is 4.85. The van der Waals surface area contributed by atoms with Gasteiger partial charge in [-0.15, -0.1) is 0 Å². The number of hydrogen-bond donors (Lipinski definition) is 1. The molecule has 0 unspecified atom stereocenters. The van der Waals surface area contributed by atoms with Gasteiger partial charge < -0.3 is 4.74 Å². The summed E-state index contributed by atoms with van der Waals surface area (Å²) in [5.74, 6) is 0. The number of ether oxygens (including phenoxy) is 1. The Balaban J connectivity index is 2.24. The Morgan fingerprint density at radius 1 is 1.37 bits per heavy atom. The molecule has 2 rings (SSSR count). The summed E-state index contributed by atoms with van der Waals surface area (Å²) in [6, 6.07) is 4.57. The molecular weight excluding hydrogens is 354 g/mol. The first kappa shape index (κ1) is 15.3. The molecule has 0 amide bonds. The van der Waals surface area contributed by atoms with E-state index in [9.17, 15) is 8.42 Å². The van der Waals surface area contributed by atoms with Gasteiger partial charge in [0, 0.05) is 23.2 Å². The zero-order valence-corrected chi connectivity index (χ0v) is 13.6. The van der Waals surface area contributed by atoms with Gasteiger partial charge in [0.15, 0.2) is 0 Å². The molecule has 4 nitrogen and oxygen atoms in total. The average Bonchev–Trinajstić information content (AvgIpc) is 2.32. The van der Waals surface area contributed by atoms with E-state index in [1.165, 1.54) is 12.1 Å². The summed E-state index contributed by atoms with van der Waals surface area (Å²) in [6.45, 7) is 3.05. The molecule has 106 valence electrons. The SMILES string of the molecule is CC1(NS(=O)(=O)c2ccc(Cl)c(Br)c2)CCOCC1. The van der Waals surface area contributed by atoms with Crippen LogP contribution in [0.15, 0.2) is 27.6 Å². The summed E-state index contributed by atoms with van der Waals surface area (Å²) in [5, 5.41) is 0.483. The van der Waals surface area contributed by atoms with Crippen LogP contribution in [-0.4, -0.2) is 27.2 Å². The van der Waals surface area contributed by atoms with Gasteiger partial charge in [-0.3, -0.25) is 0 Å². The number of rotatable bonds is 3. The molecule has 0 atom stereocenters. The lowest BCUT2D eigenvalue weighted by Gasteiger charge is -2.34. The molecule has 0 bridgehead atoms. The molecule has 7 heteroatoms. The summed E-state index contributed by atoms with van der Waals surface area (Å²) < 4.78 is 33.3. The Hall–Kier alpha value is -0.140. The van der Waals surface area contributed by atoms with Gasteiger partial charge in [0.05, 0.1) is 9.92 Å². The summed E-state index contributed by atoms with van der Waals surface area (Å²) in [5.41, 5.74) is -0.455. The van der Waals surface area contributed by atoms with Crippen LogP contribution < -0.4 is 4.72 Å². The van der Waals surface area contributed by atoms with Crippen LogP contribution in [0.25, 0.3) is 0 Å². The summed E-state index contributed by atoms with van der Waals surface area (Å²) in [4.78, 5) is 0.205. The molecule has 0 spiro atoms. The Kier molecular flexibility index (Phi) is 4.57. The van der Waals surface area contributed by atoms with Gasteiger partial charge in [-0.25, -0.2) is 13.1 Å². The van der Waals surface area contributed by atoms with E-state index in [0.29, 0.717) is 35.6 Å². The average molecular weight is 369 g/mol. The largest absolute Gasteiger partial charge is 0.381 e. The van der Waals surface area contributed by atoms with Crippen molar-refractivity contribution in [1.82, 2.24) is 4.72 Å². The Labute approximate surface area is 126 Å². The van der Waals surface area contributed by atoms with Gasteiger partial charge in [0.2, 0.25) is 10.0 Å². The van der Waals surface area contributed by atoms with Gasteiger partial charge in [0.25, 0.3) is 0 Å². The first-order valence-corrected chi connectivity index (χ1v) is 8.55. The lowest BCUT2D eigenvalue weighted by Crippen LogP contribution is -2.49. The highest BCUT2D eigenvalue weighted by Gasteiger charge is 2.32. The van der Waals surface area contributed by atoms with Crippen molar-refractivity contribution in [3.63, 3.8) is 0 Å². The van der Waals surface area contributed by atoms with Crippen LogP contribution in [-0.2, 0) is 14.8 Å². The van der Waals surface area contributed by atoms with Crippen molar-refractivity contribution in [3.8, 4) is 0 Å². The van der Waals surface area contributed by atoms with Crippen molar-refractivity contribution in [3.05, 3.63) is 27.7 Å². The van der Waals surface area contributed by atoms with E-state index in [2.05, 4.69) is 20.7 Å². The summed E-state index contributed by atoms with van der Waals surface area (Å²) in [7, 11) is -3.55. The first-order chi connectivity index (χ1) is 8.82. The molecule has 1 aromatic carbocycles. The topological polar surface area (TPSA) is 55.4 Å². The standard InChI is InChI=1S/C12H15BrClNO3S/c1-12(4-6-18-7-5-12)15-19(16,17)9-2-3-11(14)10(13)8-9/h2-3,8,15H,4-7H2,1H3. The van der Waals surface area contributed by atoms with Crippen LogP contribution >= 0.6 is 27.5 Å². The molecular formula is C12H15BrClNO3S. The van der Waals surface area contributed by atoms with Gasteiger partial charge >= 0.3 is 0 Å². The lowest BCUT2D eigenvalue weighted by atomic mass is 9.94. The van der Waals surface area contributed by atoms with Crippen LogP contribution in [0.1, 0.15) is 19.8 Å². The molecule has 1 saturated heterocycles. The number of sulfonamides is 1. The quantitative estimate of drug-likeness (QED) is 0.892. The van der Waals surface area contributed by atoms with Crippen LogP contribution in [0.2, 0.25) is 5.02 Å². The van der Waals surface area contributed by atoms with Gasteiger partial charge in [0.1, 0.15) is 0 Å². The molecule has 1 N–H and O–H groups in total. The van der Waals surface area contributed by atoms with E-state index >= 15 is 0 Å². The molecule has 1 fully saturated rings. The molecule has 0 saturated carbocycles. The predicted octanol–water partition coefficient (Wildman–Crippen LogP) is 2.95. The molecule has 0 aliphatic carbocycles. The van der Waals surface area contributed by atoms with E-state index in [1.54, 1.807) is 6.07 Å². The summed E-state index contributed by atoms with van der Waals surface area (Å²) >= 11 is 9.10. The third-order valence-electron chi connectivity index (χ3n) is 3.18. The minimum atomic E-state index is -3.55. The molecule has 1 heterocycles. The fourth-order valence-corrected chi connectivity index (χ4v) is 4.09. The number of benzene rings is 1. The zero-order valence-electron chi connectivity index (χ0n) is 10.4. The van der Waals surface area contributed by atoms with Crippen LogP contribution in [0, 0.1) is 0 Å². The predicted molar refractivity (Wildman–Crippen MR) is 77.9 cm³/mol. The fraction of sp³-hybridized carbons (Fsp3) is 0.500. The van der Waals surface area contributed by atoms with E-state index < -0.39 is 15.6 Å². The van der Waals surface area contributed by atoms with E-state index in [4.69, 9.17) is 16.3 Å². The van der Waals surface area contributed by atoms with E-state index in [0.717, 1.165) is 0 Å². The maximum Gasteiger partial charge on any atom is 0.241 e. The van der Waals surface area contributed by atoms with Crippen LogP contribution in [0.5, 0.6) is 0 Å². The minimum absolute atomic E-state index is 0.205. The highest BCUT2D eigenvalue weighted by atomic mass is 79.9. The number of nitrogens with one attached hydrogen (secondary N) is 1. The highest BCUT2D eigenvalue weighted by Crippen LogP contribution is 2.27. The molecule has 0 radical (unpaired) electrons. The van der Waals surface area contributed by atoms with Crippen molar-refractivity contribution >= 4 is 37.6 Å². The normalized spacial score (nSPS) is 19.3. The highest BCUT2D eigenvalue weighted by molar-refractivity contribution is 9.10. The lowest BCUT2D eigenvalue weighted by molar-refractivity contribution is 0.0537. The molecule has 1 aromatic rings. The molecule has 19 heavy (non-hydrogen) atoms. The zero-order chi connectivity index (χ0) is 14.1. The van der Waals surface area contributed by atoms with Gasteiger partial charge in [-0.1, -0.05) is 11.6 Å². The minimum Gasteiger partial charge on any atom is -0.381 e. The van der Waals surface area contributed by atoms with E-state index in [-0.39, 0.29) is 4.90 Å². The van der Waals surface area contributed by atoms with Crippen molar-refractivity contribution in [2.45, 2.75) is 30.2 Å². The number of hydrogen-bond acceptors (Lipinski definition) is 3. The Bertz CT molecular complexity index is 570. The Morgan fingerprint density at radius 2 is 2.00 bits per heavy atom. The van der Waals surface area contributed by atoms with Crippen molar-refractivity contribution in [1.29, 1.82) is 0 Å². The van der Waals surface area contributed by atoms with Crippen LogP contribution in [0.4, 0.5) is 0 Å². The second-order valence-corrected chi connectivity index (χ2v) is 7.80. The first-order valence-electron chi connectivity index (χ1n) is 5.89. The monoisotopic (exact) mass is 367 g/mol.